The minimum Gasteiger partial charge on any atom is -0.352 e. The maximum Gasteiger partial charge on any atom is 0.225 e. The summed E-state index contributed by atoms with van der Waals surface area (Å²) < 4.78 is 0. The van der Waals surface area contributed by atoms with Crippen molar-refractivity contribution in [2.24, 2.45) is 10.9 Å². The van der Waals surface area contributed by atoms with E-state index in [1.54, 1.807) is 18.4 Å². The van der Waals surface area contributed by atoms with Gasteiger partial charge < -0.3 is 15.5 Å². The highest BCUT2D eigenvalue weighted by Gasteiger charge is 2.32. The normalized spacial score (nSPS) is 21.8. The van der Waals surface area contributed by atoms with Crippen LogP contribution < -0.4 is 10.6 Å². The van der Waals surface area contributed by atoms with Crippen molar-refractivity contribution in [3.05, 3.63) is 16.1 Å². The fourth-order valence-electron chi connectivity index (χ4n) is 3.66. The van der Waals surface area contributed by atoms with E-state index in [1.807, 2.05) is 4.90 Å². The molecule has 1 unspecified atom stereocenters. The molecule has 1 amide bonds. The van der Waals surface area contributed by atoms with Gasteiger partial charge in [-0.25, -0.2) is 4.98 Å². The van der Waals surface area contributed by atoms with Crippen LogP contribution in [0.3, 0.4) is 0 Å². The zero-order chi connectivity index (χ0) is 17.6. The van der Waals surface area contributed by atoms with E-state index in [0.717, 1.165) is 55.4 Å². The van der Waals surface area contributed by atoms with Crippen molar-refractivity contribution >= 4 is 23.2 Å². The first kappa shape index (κ1) is 18.2. The maximum atomic E-state index is 12.5. The summed E-state index contributed by atoms with van der Waals surface area (Å²) in [6, 6.07) is 0.276. The van der Waals surface area contributed by atoms with Crippen molar-refractivity contribution in [2.75, 3.05) is 20.1 Å². The zero-order valence-electron chi connectivity index (χ0n) is 15.3. The van der Waals surface area contributed by atoms with Gasteiger partial charge in [0.05, 0.1) is 17.2 Å². The van der Waals surface area contributed by atoms with Crippen LogP contribution in [0.1, 0.15) is 49.7 Å². The Labute approximate surface area is 154 Å². The highest BCUT2D eigenvalue weighted by atomic mass is 32.1. The number of nitrogens with one attached hydrogen (secondary N) is 2. The number of nitrogens with zero attached hydrogens (tertiary/aromatic N) is 3. The molecule has 1 aliphatic heterocycles. The van der Waals surface area contributed by atoms with Gasteiger partial charge in [-0.3, -0.25) is 9.79 Å². The monoisotopic (exact) mass is 363 g/mol. The highest BCUT2D eigenvalue weighted by molar-refractivity contribution is 7.09. The highest BCUT2D eigenvalue weighted by Crippen LogP contribution is 2.27. The number of carbonyl (C=O) groups excluding carboxylic acids is 1. The van der Waals surface area contributed by atoms with E-state index in [1.165, 1.54) is 12.8 Å². The van der Waals surface area contributed by atoms with Gasteiger partial charge in [-0.1, -0.05) is 19.8 Å². The number of guanidine groups is 1. The third-order valence-corrected chi connectivity index (χ3v) is 6.15. The quantitative estimate of drug-likeness (QED) is 0.621. The lowest BCUT2D eigenvalue weighted by Crippen LogP contribution is -2.45. The molecule has 2 aliphatic rings. The Morgan fingerprint density at radius 3 is 2.88 bits per heavy atom. The SMILES string of the molecule is CCc1nc(CNC(=NC)NC2CCN(C(=O)C3CCCC3)C2)cs1. The summed E-state index contributed by atoms with van der Waals surface area (Å²) in [5.41, 5.74) is 1.05. The largest absolute Gasteiger partial charge is 0.352 e. The van der Waals surface area contributed by atoms with Gasteiger partial charge in [0.1, 0.15) is 0 Å². The van der Waals surface area contributed by atoms with Crippen molar-refractivity contribution in [3.8, 4) is 0 Å². The maximum absolute atomic E-state index is 12.5. The van der Waals surface area contributed by atoms with Crippen molar-refractivity contribution in [3.63, 3.8) is 0 Å². The number of likely N-dealkylation sites (tertiary alicyclic amines) is 1. The first-order chi connectivity index (χ1) is 12.2. The smallest absolute Gasteiger partial charge is 0.225 e. The lowest BCUT2D eigenvalue weighted by molar-refractivity contribution is -0.134. The third kappa shape index (κ3) is 4.71. The molecule has 25 heavy (non-hydrogen) atoms. The molecule has 2 N–H and O–H groups in total. The van der Waals surface area contributed by atoms with Gasteiger partial charge >= 0.3 is 0 Å². The predicted octanol–water partition coefficient (Wildman–Crippen LogP) is 2.16. The molecule has 138 valence electrons. The Balaban J connectivity index is 1.45. The van der Waals surface area contributed by atoms with E-state index in [4.69, 9.17) is 0 Å². The molecular weight excluding hydrogens is 334 g/mol. The lowest BCUT2D eigenvalue weighted by Gasteiger charge is -2.21. The Morgan fingerprint density at radius 2 is 2.20 bits per heavy atom. The van der Waals surface area contributed by atoms with Crippen LogP contribution in [0.25, 0.3) is 0 Å². The molecule has 2 fully saturated rings. The van der Waals surface area contributed by atoms with Crippen molar-refractivity contribution in [1.82, 2.24) is 20.5 Å². The van der Waals surface area contributed by atoms with E-state index in [0.29, 0.717) is 12.5 Å². The Bertz CT molecular complexity index is 608. The Kier molecular flexibility index (Phi) is 6.29. The van der Waals surface area contributed by atoms with Crippen LogP contribution in [0, 0.1) is 5.92 Å². The van der Waals surface area contributed by atoms with Gasteiger partial charge in [0.2, 0.25) is 5.91 Å². The van der Waals surface area contributed by atoms with E-state index < -0.39 is 0 Å². The topological polar surface area (TPSA) is 69.6 Å². The summed E-state index contributed by atoms with van der Waals surface area (Å²) in [5, 5.41) is 10.0. The molecule has 7 heteroatoms. The second-order valence-corrected chi connectivity index (χ2v) is 7.85. The van der Waals surface area contributed by atoms with Crippen molar-refractivity contribution in [2.45, 2.75) is 58.0 Å². The van der Waals surface area contributed by atoms with Gasteiger partial charge in [-0.15, -0.1) is 11.3 Å². The second-order valence-electron chi connectivity index (χ2n) is 6.91. The summed E-state index contributed by atoms with van der Waals surface area (Å²) in [7, 11) is 1.78. The number of rotatable bonds is 5. The van der Waals surface area contributed by atoms with Crippen LogP contribution in [-0.2, 0) is 17.8 Å². The fraction of sp³-hybridized carbons (Fsp3) is 0.722. The molecular formula is C18H29N5OS. The number of aryl methyl sites for hydroxylation is 1. The molecule has 0 aromatic carbocycles. The van der Waals surface area contributed by atoms with Gasteiger partial charge in [-0.05, 0) is 25.7 Å². The molecule has 1 saturated heterocycles. The van der Waals surface area contributed by atoms with Crippen LogP contribution in [0.5, 0.6) is 0 Å². The first-order valence-electron chi connectivity index (χ1n) is 9.38. The van der Waals surface area contributed by atoms with Gasteiger partial charge in [0.25, 0.3) is 0 Å². The van der Waals surface area contributed by atoms with Crippen LogP contribution in [0.4, 0.5) is 0 Å². The van der Waals surface area contributed by atoms with Crippen LogP contribution in [0.2, 0.25) is 0 Å². The Hall–Kier alpha value is -1.63. The third-order valence-electron chi connectivity index (χ3n) is 5.11. The number of hydrogen-bond donors (Lipinski definition) is 2. The number of amides is 1. The molecule has 1 aromatic rings. The average Bonchev–Trinajstić information content (AvgIpc) is 3.39. The molecule has 1 saturated carbocycles. The number of aromatic nitrogens is 1. The number of hydrogen-bond acceptors (Lipinski definition) is 4. The molecule has 1 atom stereocenters. The molecule has 2 heterocycles. The molecule has 0 spiro atoms. The minimum atomic E-state index is 0.272. The summed E-state index contributed by atoms with van der Waals surface area (Å²) in [6.45, 7) is 4.44. The summed E-state index contributed by atoms with van der Waals surface area (Å²) in [4.78, 5) is 23.4. The van der Waals surface area contributed by atoms with Crippen LogP contribution in [-0.4, -0.2) is 47.9 Å². The molecule has 0 radical (unpaired) electrons. The molecule has 0 bridgehead atoms. The number of carbonyl (C=O) groups is 1. The second kappa shape index (κ2) is 8.65. The van der Waals surface area contributed by atoms with Gasteiger partial charge in [-0.2, -0.15) is 0 Å². The van der Waals surface area contributed by atoms with E-state index in [2.05, 4.69) is 32.9 Å². The zero-order valence-corrected chi connectivity index (χ0v) is 16.1. The minimum absolute atomic E-state index is 0.272. The fourth-order valence-corrected chi connectivity index (χ4v) is 4.41. The van der Waals surface area contributed by atoms with Crippen LogP contribution >= 0.6 is 11.3 Å². The van der Waals surface area contributed by atoms with Crippen molar-refractivity contribution in [1.29, 1.82) is 0 Å². The molecule has 1 aromatic heterocycles. The molecule has 3 rings (SSSR count). The van der Waals surface area contributed by atoms with Gasteiger partial charge in [0, 0.05) is 37.5 Å². The lowest BCUT2D eigenvalue weighted by atomic mass is 10.1. The number of aliphatic imine (C=N–C) groups is 1. The van der Waals surface area contributed by atoms with E-state index in [9.17, 15) is 4.79 Å². The van der Waals surface area contributed by atoms with Gasteiger partial charge in [0.15, 0.2) is 5.96 Å². The summed E-state index contributed by atoms with van der Waals surface area (Å²) in [5.74, 6) is 1.42. The molecule has 1 aliphatic carbocycles. The van der Waals surface area contributed by atoms with Crippen LogP contribution in [0.15, 0.2) is 10.4 Å². The van der Waals surface area contributed by atoms with E-state index in [-0.39, 0.29) is 12.0 Å². The predicted molar refractivity (Wildman–Crippen MR) is 102 cm³/mol. The summed E-state index contributed by atoms with van der Waals surface area (Å²) >= 11 is 1.70. The standard InChI is InChI=1S/C18H29N5OS/c1-3-16-21-15(12-25-16)10-20-18(19-2)22-14-8-9-23(11-14)17(24)13-6-4-5-7-13/h12-14H,3-11H2,1-2H3,(H2,19,20,22). The number of thiazole rings is 1. The Morgan fingerprint density at radius 1 is 1.40 bits per heavy atom. The summed E-state index contributed by atoms with van der Waals surface area (Å²) in [6.07, 6.45) is 6.52. The average molecular weight is 364 g/mol. The first-order valence-corrected chi connectivity index (χ1v) is 10.3. The molecule has 6 nitrogen and oxygen atoms in total. The van der Waals surface area contributed by atoms with Crippen molar-refractivity contribution < 1.29 is 4.79 Å². The van der Waals surface area contributed by atoms with E-state index >= 15 is 0 Å².